The van der Waals surface area contributed by atoms with E-state index < -0.39 is 0 Å². The van der Waals surface area contributed by atoms with Crippen LogP contribution in [0.5, 0.6) is 5.75 Å². The Labute approximate surface area is 114 Å². The summed E-state index contributed by atoms with van der Waals surface area (Å²) in [4.78, 5) is 0. The van der Waals surface area contributed by atoms with Crippen molar-refractivity contribution in [2.75, 3.05) is 11.9 Å². The first-order valence-corrected chi connectivity index (χ1v) is 6.94. The molecule has 0 fully saturated rings. The van der Waals surface area contributed by atoms with Crippen LogP contribution in [0.4, 0.5) is 5.69 Å². The molecule has 3 rings (SSSR count). The molecule has 1 N–H and O–H groups in total. The predicted molar refractivity (Wildman–Crippen MR) is 78.7 cm³/mol. The molecule has 2 aromatic rings. The van der Waals surface area contributed by atoms with Crippen molar-refractivity contribution in [3.05, 3.63) is 59.7 Å². The summed E-state index contributed by atoms with van der Waals surface area (Å²) in [6, 6.07) is 17.4. The lowest BCUT2D eigenvalue weighted by atomic mass is 10.0. The minimum atomic E-state index is 0.387. The Morgan fingerprint density at radius 2 is 1.89 bits per heavy atom. The highest BCUT2D eigenvalue weighted by Crippen LogP contribution is 2.34. The van der Waals surface area contributed by atoms with Crippen molar-refractivity contribution in [1.82, 2.24) is 0 Å². The predicted octanol–water partition coefficient (Wildman–Crippen LogP) is 4.18. The quantitative estimate of drug-likeness (QED) is 0.882. The second-order valence-electron chi connectivity index (χ2n) is 4.98. The molecule has 0 aliphatic carbocycles. The van der Waals surface area contributed by atoms with Crippen molar-refractivity contribution in [2.24, 2.45) is 0 Å². The molecular weight excluding hydrogens is 234 g/mol. The topological polar surface area (TPSA) is 21.3 Å². The van der Waals surface area contributed by atoms with Gasteiger partial charge in [-0.05, 0) is 42.2 Å². The van der Waals surface area contributed by atoms with Gasteiger partial charge in [0.1, 0.15) is 5.75 Å². The lowest BCUT2D eigenvalue weighted by Gasteiger charge is -2.12. The van der Waals surface area contributed by atoms with E-state index in [2.05, 4.69) is 60.8 Å². The van der Waals surface area contributed by atoms with Crippen LogP contribution in [-0.4, -0.2) is 6.61 Å². The maximum absolute atomic E-state index is 5.61. The van der Waals surface area contributed by atoms with Crippen molar-refractivity contribution < 1.29 is 4.74 Å². The first-order chi connectivity index (χ1) is 9.36. The van der Waals surface area contributed by atoms with Gasteiger partial charge >= 0.3 is 0 Å². The molecule has 2 heteroatoms. The Morgan fingerprint density at radius 1 is 1.11 bits per heavy atom. The third kappa shape index (κ3) is 2.58. The number of ether oxygens (including phenoxy) is 1. The standard InChI is InChI=1S/C17H19NO/c1-2-11-19-15-9-7-13(8-10-15)17-12-14-5-3-4-6-16(14)18-17/h3-10,17-18H,2,11-12H2,1H3. The molecule has 0 saturated carbocycles. The van der Waals surface area contributed by atoms with E-state index in [9.17, 15) is 0 Å². The Hall–Kier alpha value is -1.96. The van der Waals surface area contributed by atoms with E-state index in [1.807, 2.05) is 0 Å². The van der Waals surface area contributed by atoms with Gasteiger partial charge in [-0.25, -0.2) is 0 Å². The number of fused-ring (bicyclic) bond motifs is 1. The summed E-state index contributed by atoms with van der Waals surface area (Å²) in [5, 5.41) is 3.57. The third-order valence-corrected chi connectivity index (χ3v) is 3.53. The highest BCUT2D eigenvalue weighted by atomic mass is 16.5. The van der Waals surface area contributed by atoms with E-state index in [0.29, 0.717) is 6.04 Å². The number of benzene rings is 2. The van der Waals surface area contributed by atoms with Gasteiger partial charge in [-0.15, -0.1) is 0 Å². The fourth-order valence-corrected chi connectivity index (χ4v) is 2.52. The molecular formula is C17H19NO. The summed E-state index contributed by atoms with van der Waals surface area (Å²) in [5.41, 5.74) is 3.98. The molecule has 2 aromatic carbocycles. The van der Waals surface area contributed by atoms with Crippen molar-refractivity contribution in [3.8, 4) is 5.75 Å². The van der Waals surface area contributed by atoms with Crippen LogP contribution in [0, 0.1) is 0 Å². The van der Waals surface area contributed by atoms with Gasteiger partial charge in [0.2, 0.25) is 0 Å². The van der Waals surface area contributed by atoms with Gasteiger partial charge in [0.25, 0.3) is 0 Å². The van der Waals surface area contributed by atoms with Crippen LogP contribution in [0.25, 0.3) is 0 Å². The van der Waals surface area contributed by atoms with Crippen LogP contribution in [0.15, 0.2) is 48.5 Å². The van der Waals surface area contributed by atoms with Gasteiger partial charge in [-0.2, -0.15) is 0 Å². The summed E-state index contributed by atoms with van der Waals surface area (Å²) in [6.07, 6.45) is 2.10. The first kappa shape index (κ1) is 12.1. The van der Waals surface area contributed by atoms with E-state index in [-0.39, 0.29) is 0 Å². The van der Waals surface area contributed by atoms with Gasteiger partial charge in [0.15, 0.2) is 0 Å². The number of hydrogen-bond donors (Lipinski definition) is 1. The minimum Gasteiger partial charge on any atom is -0.494 e. The molecule has 1 aliphatic heterocycles. The SMILES string of the molecule is CCCOc1ccc(C2Cc3ccccc3N2)cc1. The van der Waals surface area contributed by atoms with Crippen LogP contribution < -0.4 is 10.1 Å². The van der Waals surface area contributed by atoms with E-state index in [4.69, 9.17) is 4.74 Å². The van der Waals surface area contributed by atoms with Crippen molar-refractivity contribution in [3.63, 3.8) is 0 Å². The fraction of sp³-hybridized carbons (Fsp3) is 0.294. The Balaban J connectivity index is 1.71. The molecule has 1 aliphatic rings. The van der Waals surface area contributed by atoms with Crippen molar-refractivity contribution in [1.29, 1.82) is 0 Å². The molecule has 0 radical (unpaired) electrons. The number of anilines is 1. The number of rotatable bonds is 4. The van der Waals surface area contributed by atoms with E-state index in [0.717, 1.165) is 25.2 Å². The second-order valence-corrected chi connectivity index (χ2v) is 4.98. The van der Waals surface area contributed by atoms with E-state index in [1.165, 1.54) is 16.8 Å². The maximum Gasteiger partial charge on any atom is 0.119 e. The molecule has 98 valence electrons. The zero-order chi connectivity index (χ0) is 13.1. The highest BCUT2D eigenvalue weighted by Gasteiger charge is 2.21. The molecule has 0 bridgehead atoms. The van der Waals surface area contributed by atoms with Crippen LogP contribution in [0.1, 0.15) is 30.5 Å². The first-order valence-electron chi connectivity index (χ1n) is 6.94. The molecule has 0 amide bonds. The van der Waals surface area contributed by atoms with Gasteiger partial charge in [0.05, 0.1) is 12.6 Å². The smallest absolute Gasteiger partial charge is 0.119 e. The number of nitrogens with one attached hydrogen (secondary N) is 1. The number of hydrogen-bond acceptors (Lipinski definition) is 2. The summed E-state index contributed by atoms with van der Waals surface area (Å²) < 4.78 is 5.61. The average molecular weight is 253 g/mol. The van der Waals surface area contributed by atoms with Gasteiger partial charge in [-0.1, -0.05) is 37.3 Å². The van der Waals surface area contributed by atoms with Crippen molar-refractivity contribution in [2.45, 2.75) is 25.8 Å². The van der Waals surface area contributed by atoms with E-state index in [1.54, 1.807) is 0 Å². The van der Waals surface area contributed by atoms with Crippen LogP contribution in [0.2, 0.25) is 0 Å². The summed E-state index contributed by atoms with van der Waals surface area (Å²) in [6.45, 7) is 2.90. The zero-order valence-electron chi connectivity index (χ0n) is 11.2. The van der Waals surface area contributed by atoms with Gasteiger partial charge in [0, 0.05) is 5.69 Å². The monoisotopic (exact) mass is 253 g/mol. The fourth-order valence-electron chi connectivity index (χ4n) is 2.52. The third-order valence-electron chi connectivity index (χ3n) is 3.53. The Kier molecular flexibility index (Phi) is 3.41. The van der Waals surface area contributed by atoms with Crippen LogP contribution >= 0.6 is 0 Å². The molecule has 1 unspecified atom stereocenters. The molecule has 19 heavy (non-hydrogen) atoms. The largest absolute Gasteiger partial charge is 0.494 e. The lowest BCUT2D eigenvalue weighted by Crippen LogP contribution is -2.05. The minimum absolute atomic E-state index is 0.387. The number of para-hydroxylation sites is 1. The Bertz CT molecular complexity index is 522. The molecule has 0 saturated heterocycles. The Morgan fingerprint density at radius 3 is 2.63 bits per heavy atom. The lowest BCUT2D eigenvalue weighted by molar-refractivity contribution is 0.317. The molecule has 0 aromatic heterocycles. The summed E-state index contributed by atoms with van der Waals surface area (Å²) >= 11 is 0. The van der Waals surface area contributed by atoms with Gasteiger partial charge < -0.3 is 10.1 Å². The normalized spacial score (nSPS) is 16.8. The molecule has 1 heterocycles. The van der Waals surface area contributed by atoms with Crippen LogP contribution in [0.3, 0.4) is 0 Å². The summed E-state index contributed by atoms with van der Waals surface area (Å²) in [5.74, 6) is 0.959. The molecule has 0 spiro atoms. The second kappa shape index (κ2) is 5.35. The van der Waals surface area contributed by atoms with Gasteiger partial charge in [-0.3, -0.25) is 0 Å². The zero-order valence-corrected chi connectivity index (χ0v) is 11.2. The van der Waals surface area contributed by atoms with Crippen molar-refractivity contribution >= 4 is 5.69 Å². The maximum atomic E-state index is 5.61. The van der Waals surface area contributed by atoms with Crippen LogP contribution in [-0.2, 0) is 6.42 Å². The highest BCUT2D eigenvalue weighted by molar-refractivity contribution is 5.58. The molecule has 1 atom stereocenters. The summed E-state index contributed by atoms with van der Waals surface area (Å²) in [7, 11) is 0. The molecule has 2 nitrogen and oxygen atoms in total. The average Bonchev–Trinajstić information content (AvgIpc) is 2.89. The van der Waals surface area contributed by atoms with E-state index >= 15 is 0 Å².